The highest BCUT2D eigenvalue weighted by Crippen LogP contribution is 2.42. The number of anilines is 1. The van der Waals surface area contributed by atoms with Gasteiger partial charge in [0.2, 0.25) is 5.91 Å². The molecule has 1 N–H and O–H groups in total. The van der Waals surface area contributed by atoms with Crippen LogP contribution in [-0.2, 0) is 4.79 Å². The number of amides is 1. The van der Waals surface area contributed by atoms with Gasteiger partial charge in [-0.2, -0.15) is 8.78 Å². The number of piperazine rings is 1. The van der Waals surface area contributed by atoms with E-state index in [0.717, 1.165) is 27.7 Å². The van der Waals surface area contributed by atoms with Gasteiger partial charge in [-0.05, 0) is 23.8 Å². The third-order valence-corrected chi connectivity index (χ3v) is 8.01. The Hall–Kier alpha value is -3.38. The van der Waals surface area contributed by atoms with Gasteiger partial charge in [0.15, 0.2) is 5.13 Å². The van der Waals surface area contributed by atoms with Crippen LogP contribution in [0.2, 0.25) is 5.02 Å². The molecule has 0 saturated carbocycles. The molecule has 4 heterocycles. The normalized spacial score (nSPS) is 14.9. The number of fused-ring (bicyclic) bond motifs is 1. The van der Waals surface area contributed by atoms with E-state index in [1.807, 2.05) is 0 Å². The van der Waals surface area contributed by atoms with Crippen molar-refractivity contribution in [2.75, 3.05) is 37.8 Å². The number of halogens is 5. The Labute approximate surface area is 224 Å². The number of carbonyl (C=O) groups is 1. The minimum atomic E-state index is -3.20. The van der Waals surface area contributed by atoms with Gasteiger partial charge in [-0.25, -0.2) is 14.4 Å². The Balaban J connectivity index is 1.48. The summed E-state index contributed by atoms with van der Waals surface area (Å²) in [4.78, 5) is 28.2. The number of ether oxygens (including phenoxy) is 1. The Morgan fingerprint density at radius 1 is 1.21 bits per heavy atom. The summed E-state index contributed by atoms with van der Waals surface area (Å²) in [6.07, 6.45) is 4.88. The van der Waals surface area contributed by atoms with Gasteiger partial charge >= 0.3 is 6.61 Å². The number of benzene rings is 1. The molecular weight excluding hydrogens is 546 g/mol. The molecule has 13 heteroatoms. The van der Waals surface area contributed by atoms with Gasteiger partial charge < -0.3 is 19.5 Å². The maximum Gasteiger partial charge on any atom is 0.387 e. The Kier molecular flexibility index (Phi) is 7.44. The highest BCUT2D eigenvalue weighted by atomic mass is 35.5. The van der Waals surface area contributed by atoms with Crippen LogP contribution in [0.25, 0.3) is 21.5 Å². The summed E-state index contributed by atoms with van der Waals surface area (Å²) in [5.41, 5.74) is 1.33. The van der Waals surface area contributed by atoms with Crippen LogP contribution in [0, 0.1) is 5.82 Å². The zero-order valence-electron chi connectivity index (χ0n) is 20.1. The summed E-state index contributed by atoms with van der Waals surface area (Å²) in [6.45, 7) is -0.112. The van der Waals surface area contributed by atoms with Gasteiger partial charge in [0.25, 0.3) is 0 Å². The first-order chi connectivity index (χ1) is 18.3. The summed E-state index contributed by atoms with van der Waals surface area (Å²) in [5.74, 6) is -2.41. The predicted molar refractivity (Wildman–Crippen MR) is 138 cm³/mol. The zero-order valence-corrected chi connectivity index (χ0v) is 21.6. The molecule has 0 spiro atoms. The molecule has 7 nitrogen and oxygen atoms in total. The van der Waals surface area contributed by atoms with Gasteiger partial charge in [0, 0.05) is 74.1 Å². The standard InChI is InChI=1S/C25H22ClF4N5O2S/c1-13(36)34-4-6-35(7-5-34)25-33-12-20(38-25)14-8-15-17(11-32-23(15)31-10-14)16(9-27)21-19(37-24(29)30)3-2-18(28)22(21)26/h2-3,8,10-12,16,24H,4-7,9H2,1H3,(H,31,32)/t16-/m0/s1. The van der Waals surface area contributed by atoms with Gasteiger partial charge in [-0.1, -0.05) is 22.9 Å². The van der Waals surface area contributed by atoms with Crippen molar-refractivity contribution >= 4 is 45.0 Å². The van der Waals surface area contributed by atoms with E-state index in [9.17, 15) is 22.4 Å². The number of aromatic nitrogens is 3. The maximum atomic E-state index is 14.5. The van der Waals surface area contributed by atoms with Gasteiger partial charge in [0.1, 0.15) is 23.9 Å². The molecule has 200 valence electrons. The molecule has 0 aliphatic carbocycles. The number of nitrogens with zero attached hydrogens (tertiary/aromatic N) is 4. The van der Waals surface area contributed by atoms with Gasteiger partial charge in [-0.15, -0.1) is 0 Å². The maximum absolute atomic E-state index is 14.5. The fourth-order valence-corrected chi connectivity index (χ4v) is 5.83. The lowest BCUT2D eigenvalue weighted by Crippen LogP contribution is -2.48. The summed E-state index contributed by atoms with van der Waals surface area (Å²) in [5, 5.41) is 0.847. The molecule has 1 aliphatic rings. The van der Waals surface area contributed by atoms with E-state index in [2.05, 4.69) is 24.6 Å². The first-order valence-electron chi connectivity index (χ1n) is 11.7. The minimum Gasteiger partial charge on any atom is -0.434 e. The number of nitrogens with one attached hydrogen (secondary N) is 1. The fraction of sp³-hybridized carbons (Fsp3) is 0.320. The first kappa shape index (κ1) is 26.2. The molecule has 38 heavy (non-hydrogen) atoms. The largest absolute Gasteiger partial charge is 0.434 e. The average molecular weight is 568 g/mol. The smallest absolute Gasteiger partial charge is 0.387 e. The monoisotopic (exact) mass is 567 g/mol. The van der Waals surface area contributed by atoms with Crippen LogP contribution < -0.4 is 9.64 Å². The zero-order chi connectivity index (χ0) is 27.0. The summed E-state index contributed by atoms with van der Waals surface area (Å²) in [7, 11) is 0. The van der Waals surface area contributed by atoms with Crippen LogP contribution >= 0.6 is 22.9 Å². The Morgan fingerprint density at radius 3 is 2.66 bits per heavy atom. The van der Waals surface area contributed by atoms with E-state index in [4.69, 9.17) is 11.6 Å². The first-order valence-corrected chi connectivity index (χ1v) is 12.9. The van der Waals surface area contributed by atoms with Crippen molar-refractivity contribution in [3.05, 3.63) is 58.8 Å². The number of H-pyrrole nitrogens is 1. The highest BCUT2D eigenvalue weighted by molar-refractivity contribution is 7.18. The van der Waals surface area contributed by atoms with Crippen molar-refractivity contribution in [3.63, 3.8) is 0 Å². The lowest BCUT2D eigenvalue weighted by Gasteiger charge is -2.33. The Bertz CT molecular complexity index is 1470. The van der Waals surface area contributed by atoms with Crippen molar-refractivity contribution in [3.8, 4) is 16.2 Å². The molecule has 0 radical (unpaired) electrons. The fourth-order valence-electron chi connectivity index (χ4n) is 4.59. The molecule has 1 atom stereocenters. The Morgan fingerprint density at radius 2 is 1.97 bits per heavy atom. The second-order valence-electron chi connectivity index (χ2n) is 8.72. The lowest BCUT2D eigenvalue weighted by atomic mass is 9.91. The van der Waals surface area contributed by atoms with E-state index < -0.39 is 35.8 Å². The molecule has 1 fully saturated rings. The molecule has 5 rings (SSSR count). The van der Waals surface area contributed by atoms with E-state index >= 15 is 0 Å². The quantitative estimate of drug-likeness (QED) is 0.284. The summed E-state index contributed by atoms with van der Waals surface area (Å²) < 4.78 is 59.4. The van der Waals surface area contributed by atoms with E-state index in [1.54, 1.807) is 30.3 Å². The summed E-state index contributed by atoms with van der Waals surface area (Å²) in [6, 6.07) is 3.71. The van der Waals surface area contributed by atoms with Gasteiger partial charge in [0.05, 0.1) is 9.90 Å². The molecular formula is C25H22ClF4N5O2S. The second kappa shape index (κ2) is 10.8. The molecule has 1 saturated heterocycles. The van der Waals surface area contributed by atoms with Crippen LogP contribution in [0.4, 0.5) is 22.7 Å². The van der Waals surface area contributed by atoms with Crippen LogP contribution in [0.3, 0.4) is 0 Å². The second-order valence-corrected chi connectivity index (χ2v) is 10.1. The lowest BCUT2D eigenvalue weighted by molar-refractivity contribution is -0.129. The third kappa shape index (κ3) is 5.02. The van der Waals surface area contributed by atoms with Crippen molar-refractivity contribution in [1.82, 2.24) is 19.9 Å². The SMILES string of the molecule is CC(=O)N1CCN(c2ncc(-c3cnc4[nH]cc([C@H](CF)c5c(OC(F)F)ccc(F)c5Cl)c4c3)s2)CC1. The van der Waals surface area contributed by atoms with Crippen LogP contribution in [0.1, 0.15) is 24.0 Å². The number of rotatable bonds is 7. The van der Waals surface area contributed by atoms with Crippen molar-refractivity contribution < 1.29 is 27.1 Å². The topological polar surface area (TPSA) is 74.4 Å². The van der Waals surface area contributed by atoms with Crippen molar-refractivity contribution in [2.24, 2.45) is 0 Å². The number of thiazole rings is 1. The number of hydrogen-bond donors (Lipinski definition) is 1. The number of hydrogen-bond acceptors (Lipinski definition) is 6. The van der Waals surface area contributed by atoms with E-state index in [1.165, 1.54) is 17.5 Å². The number of alkyl halides is 3. The number of pyridine rings is 1. The highest BCUT2D eigenvalue weighted by Gasteiger charge is 2.28. The van der Waals surface area contributed by atoms with E-state index in [-0.39, 0.29) is 11.5 Å². The van der Waals surface area contributed by atoms with Crippen molar-refractivity contribution in [1.29, 1.82) is 0 Å². The molecule has 4 aromatic rings. The molecule has 0 unspecified atom stereocenters. The predicted octanol–water partition coefficient (Wildman–Crippen LogP) is 5.85. The minimum absolute atomic E-state index is 0.0464. The average Bonchev–Trinajstić information content (AvgIpc) is 3.56. The van der Waals surface area contributed by atoms with Gasteiger partial charge in [-0.3, -0.25) is 9.18 Å². The van der Waals surface area contributed by atoms with Crippen LogP contribution in [0.15, 0.2) is 36.8 Å². The molecule has 1 aliphatic heterocycles. The number of carbonyl (C=O) groups excluding carboxylic acids is 1. The third-order valence-electron chi connectivity index (χ3n) is 6.52. The molecule has 3 aromatic heterocycles. The summed E-state index contributed by atoms with van der Waals surface area (Å²) >= 11 is 7.58. The number of aromatic amines is 1. The molecule has 1 aromatic carbocycles. The van der Waals surface area contributed by atoms with Crippen molar-refractivity contribution in [2.45, 2.75) is 19.5 Å². The van der Waals surface area contributed by atoms with E-state index in [0.29, 0.717) is 42.8 Å². The van der Waals surface area contributed by atoms with Crippen LogP contribution in [0.5, 0.6) is 5.75 Å². The molecule has 1 amide bonds. The molecule has 0 bridgehead atoms. The van der Waals surface area contributed by atoms with Crippen LogP contribution in [-0.4, -0.2) is 65.2 Å².